The van der Waals surface area contributed by atoms with E-state index in [4.69, 9.17) is 0 Å². The van der Waals surface area contributed by atoms with Gasteiger partial charge in [-0.2, -0.15) is 0 Å². The standard InChI is InChI=1S/C15H19N5O/c1-9-16-8-10-7-12(15(21)19(2)3)14(18-13(10)17-9)20(4)11-5-6-11/h7-8,11H,5-6H2,1-4H3. The van der Waals surface area contributed by atoms with Gasteiger partial charge in [-0.3, -0.25) is 4.79 Å². The molecule has 2 aromatic rings. The maximum absolute atomic E-state index is 12.4. The van der Waals surface area contributed by atoms with E-state index in [1.807, 2.05) is 20.0 Å². The predicted molar refractivity (Wildman–Crippen MR) is 81.5 cm³/mol. The average Bonchev–Trinajstić information content (AvgIpc) is 3.28. The fourth-order valence-corrected chi connectivity index (χ4v) is 2.34. The molecule has 0 aliphatic heterocycles. The van der Waals surface area contributed by atoms with Crippen LogP contribution in [0.2, 0.25) is 0 Å². The number of hydrogen-bond acceptors (Lipinski definition) is 5. The highest BCUT2D eigenvalue weighted by Gasteiger charge is 2.30. The van der Waals surface area contributed by atoms with Gasteiger partial charge in [-0.25, -0.2) is 15.0 Å². The topological polar surface area (TPSA) is 62.2 Å². The second-order valence-corrected chi connectivity index (χ2v) is 5.73. The summed E-state index contributed by atoms with van der Waals surface area (Å²) in [5.41, 5.74) is 1.25. The minimum Gasteiger partial charge on any atom is -0.356 e. The first-order valence-corrected chi connectivity index (χ1v) is 7.06. The third kappa shape index (κ3) is 2.53. The number of hydrogen-bond donors (Lipinski definition) is 0. The third-order valence-corrected chi connectivity index (χ3v) is 3.73. The lowest BCUT2D eigenvalue weighted by Gasteiger charge is -2.22. The first kappa shape index (κ1) is 13.7. The number of rotatable bonds is 3. The van der Waals surface area contributed by atoms with Gasteiger partial charge in [0.1, 0.15) is 11.6 Å². The molecule has 1 fully saturated rings. The molecule has 0 atom stereocenters. The zero-order chi connectivity index (χ0) is 15.1. The molecule has 6 heteroatoms. The van der Waals surface area contributed by atoms with Crippen molar-refractivity contribution in [3.05, 3.63) is 23.7 Å². The predicted octanol–water partition coefficient (Wildman–Crippen LogP) is 1.63. The van der Waals surface area contributed by atoms with Crippen molar-refractivity contribution in [2.75, 3.05) is 26.0 Å². The SMILES string of the molecule is Cc1ncc2cc(C(=O)N(C)C)c(N(C)C3CC3)nc2n1. The van der Waals surface area contributed by atoms with E-state index >= 15 is 0 Å². The van der Waals surface area contributed by atoms with E-state index in [1.54, 1.807) is 25.2 Å². The molecule has 0 aromatic carbocycles. The summed E-state index contributed by atoms with van der Waals surface area (Å²) in [5.74, 6) is 1.34. The van der Waals surface area contributed by atoms with Crippen LogP contribution in [0.1, 0.15) is 29.0 Å². The van der Waals surface area contributed by atoms with Gasteiger partial charge in [0.25, 0.3) is 5.91 Å². The van der Waals surface area contributed by atoms with Crippen molar-refractivity contribution in [2.45, 2.75) is 25.8 Å². The quantitative estimate of drug-likeness (QED) is 0.858. The molecule has 1 aliphatic carbocycles. The number of anilines is 1. The van der Waals surface area contributed by atoms with Crippen molar-refractivity contribution in [3.63, 3.8) is 0 Å². The van der Waals surface area contributed by atoms with Crippen molar-refractivity contribution in [3.8, 4) is 0 Å². The Morgan fingerprint density at radius 1 is 1.24 bits per heavy atom. The Morgan fingerprint density at radius 2 is 1.95 bits per heavy atom. The van der Waals surface area contributed by atoms with Gasteiger partial charge in [0.05, 0.1) is 5.56 Å². The monoisotopic (exact) mass is 285 g/mol. The molecule has 0 saturated heterocycles. The summed E-state index contributed by atoms with van der Waals surface area (Å²) in [7, 11) is 5.49. The van der Waals surface area contributed by atoms with Crippen LogP contribution in [0.15, 0.2) is 12.3 Å². The molecule has 3 rings (SSSR count). The van der Waals surface area contributed by atoms with Gasteiger partial charge in [-0.05, 0) is 25.8 Å². The molecule has 0 unspecified atom stereocenters. The van der Waals surface area contributed by atoms with Crippen LogP contribution in [-0.2, 0) is 0 Å². The number of carbonyl (C=O) groups is 1. The van der Waals surface area contributed by atoms with Gasteiger partial charge in [-0.1, -0.05) is 0 Å². The molecule has 21 heavy (non-hydrogen) atoms. The summed E-state index contributed by atoms with van der Waals surface area (Å²) in [6.45, 7) is 1.84. The fraction of sp³-hybridized carbons (Fsp3) is 0.467. The van der Waals surface area contributed by atoms with Crippen molar-refractivity contribution < 1.29 is 4.79 Å². The molecule has 1 amide bonds. The Bertz CT molecular complexity index is 709. The van der Waals surface area contributed by atoms with E-state index < -0.39 is 0 Å². The summed E-state index contributed by atoms with van der Waals surface area (Å²) >= 11 is 0. The van der Waals surface area contributed by atoms with E-state index in [9.17, 15) is 4.79 Å². The van der Waals surface area contributed by atoms with Crippen LogP contribution in [0.25, 0.3) is 11.0 Å². The van der Waals surface area contributed by atoms with Gasteiger partial charge in [-0.15, -0.1) is 0 Å². The number of aryl methyl sites for hydroxylation is 1. The van der Waals surface area contributed by atoms with Gasteiger partial charge in [0, 0.05) is 38.8 Å². The van der Waals surface area contributed by atoms with Crippen molar-refractivity contribution in [2.24, 2.45) is 0 Å². The first-order valence-electron chi connectivity index (χ1n) is 7.06. The van der Waals surface area contributed by atoms with Crippen LogP contribution in [0.3, 0.4) is 0 Å². The lowest BCUT2D eigenvalue weighted by molar-refractivity contribution is 0.0828. The Labute approximate surface area is 123 Å². The summed E-state index contributed by atoms with van der Waals surface area (Å²) in [5, 5.41) is 0.791. The minimum atomic E-state index is -0.0486. The van der Waals surface area contributed by atoms with Gasteiger partial charge in [0.2, 0.25) is 0 Å². The zero-order valence-corrected chi connectivity index (χ0v) is 12.8. The second kappa shape index (κ2) is 4.95. The molecule has 0 radical (unpaired) electrons. The summed E-state index contributed by atoms with van der Waals surface area (Å²) in [6.07, 6.45) is 4.02. The molecule has 1 aliphatic rings. The number of nitrogens with zero attached hydrogens (tertiary/aromatic N) is 5. The molecule has 2 aromatic heterocycles. The Hall–Kier alpha value is -2.24. The summed E-state index contributed by atoms with van der Waals surface area (Å²) < 4.78 is 0. The molecule has 6 nitrogen and oxygen atoms in total. The minimum absolute atomic E-state index is 0.0486. The smallest absolute Gasteiger partial charge is 0.257 e. The van der Waals surface area contributed by atoms with Crippen molar-refractivity contribution >= 4 is 22.8 Å². The Balaban J connectivity index is 2.19. The Morgan fingerprint density at radius 3 is 2.57 bits per heavy atom. The van der Waals surface area contributed by atoms with E-state index in [0.717, 1.165) is 18.2 Å². The van der Waals surface area contributed by atoms with Crippen LogP contribution in [0, 0.1) is 6.92 Å². The molecule has 1 saturated carbocycles. The molecule has 0 bridgehead atoms. The lowest BCUT2D eigenvalue weighted by atomic mass is 10.1. The number of fused-ring (bicyclic) bond motifs is 1. The largest absolute Gasteiger partial charge is 0.356 e. The highest BCUT2D eigenvalue weighted by molar-refractivity contribution is 6.01. The number of carbonyl (C=O) groups excluding carboxylic acids is 1. The summed E-state index contributed by atoms with van der Waals surface area (Å²) in [6, 6.07) is 2.32. The average molecular weight is 285 g/mol. The van der Waals surface area contributed by atoms with Crippen LogP contribution >= 0.6 is 0 Å². The first-order chi connectivity index (χ1) is 9.97. The van der Waals surface area contributed by atoms with Crippen LogP contribution in [-0.4, -0.2) is 52.9 Å². The maximum atomic E-state index is 12.4. The van der Waals surface area contributed by atoms with Crippen LogP contribution in [0.4, 0.5) is 5.82 Å². The van der Waals surface area contributed by atoms with Crippen LogP contribution < -0.4 is 4.90 Å². The van der Waals surface area contributed by atoms with Crippen molar-refractivity contribution in [1.29, 1.82) is 0 Å². The molecule has 110 valence electrons. The molecule has 0 spiro atoms. The van der Waals surface area contributed by atoms with E-state index in [-0.39, 0.29) is 5.91 Å². The number of aromatic nitrogens is 3. The maximum Gasteiger partial charge on any atom is 0.257 e. The highest BCUT2D eigenvalue weighted by atomic mass is 16.2. The zero-order valence-electron chi connectivity index (χ0n) is 12.8. The molecule has 0 N–H and O–H groups in total. The molecule has 2 heterocycles. The highest BCUT2D eigenvalue weighted by Crippen LogP contribution is 2.32. The van der Waals surface area contributed by atoms with Gasteiger partial charge >= 0.3 is 0 Å². The van der Waals surface area contributed by atoms with Gasteiger partial charge < -0.3 is 9.80 Å². The third-order valence-electron chi connectivity index (χ3n) is 3.73. The molecular weight excluding hydrogens is 266 g/mol. The number of amides is 1. The lowest BCUT2D eigenvalue weighted by Crippen LogP contribution is -2.28. The van der Waals surface area contributed by atoms with Gasteiger partial charge in [0.15, 0.2) is 5.65 Å². The fourth-order valence-electron chi connectivity index (χ4n) is 2.34. The molecular formula is C15H19N5O. The van der Waals surface area contributed by atoms with E-state index in [0.29, 0.717) is 28.9 Å². The van der Waals surface area contributed by atoms with Crippen LogP contribution in [0.5, 0.6) is 0 Å². The summed E-state index contributed by atoms with van der Waals surface area (Å²) in [4.78, 5) is 29.3. The second-order valence-electron chi connectivity index (χ2n) is 5.73. The van der Waals surface area contributed by atoms with E-state index in [1.165, 1.54) is 0 Å². The Kier molecular flexibility index (Phi) is 3.23. The number of pyridine rings is 1. The van der Waals surface area contributed by atoms with Crippen molar-refractivity contribution in [1.82, 2.24) is 19.9 Å². The van der Waals surface area contributed by atoms with E-state index in [2.05, 4.69) is 19.9 Å². The normalized spacial score (nSPS) is 14.3.